The minimum atomic E-state index is -2.87. The zero-order valence-electron chi connectivity index (χ0n) is 11.3. The third kappa shape index (κ3) is 8.11. The Bertz CT molecular complexity index is 275. The van der Waals surface area contributed by atoms with E-state index in [1.165, 1.54) is 12.7 Å². The van der Waals surface area contributed by atoms with Crippen molar-refractivity contribution in [3.8, 4) is 0 Å². The molecule has 0 heterocycles. The highest BCUT2D eigenvalue weighted by Gasteiger charge is 2.16. The molecule has 1 N–H and O–H groups in total. The Morgan fingerprint density at radius 2 is 1.69 bits per heavy atom. The lowest BCUT2D eigenvalue weighted by molar-refractivity contribution is 0.364. The van der Waals surface area contributed by atoms with Crippen molar-refractivity contribution in [3.05, 3.63) is 0 Å². The van der Waals surface area contributed by atoms with E-state index in [0.717, 1.165) is 12.8 Å². The van der Waals surface area contributed by atoms with Gasteiger partial charge in [-0.3, -0.25) is 0 Å². The van der Waals surface area contributed by atoms with Crippen LogP contribution in [0.1, 0.15) is 47.0 Å². The van der Waals surface area contributed by atoms with Crippen molar-refractivity contribution >= 4 is 9.84 Å². The van der Waals surface area contributed by atoms with Crippen LogP contribution in [0, 0.1) is 5.92 Å². The van der Waals surface area contributed by atoms with Gasteiger partial charge in [-0.05, 0) is 25.7 Å². The number of hydrogen-bond donors (Lipinski definition) is 1. The highest BCUT2D eigenvalue weighted by Crippen LogP contribution is 2.12. The summed E-state index contributed by atoms with van der Waals surface area (Å²) in [5.41, 5.74) is 0. The largest absolute Gasteiger partial charge is 0.310 e. The summed E-state index contributed by atoms with van der Waals surface area (Å²) in [4.78, 5) is 0. The van der Waals surface area contributed by atoms with Crippen molar-refractivity contribution in [1.29, 1.82) is 0 Å². The van der Waals surface area contributed by atoms with Gasteiger partial charge in [0.25, 0.3) is 0 Å². The molecule has 16 heavy (non-hydrogen) atoms. The van der Waals surface area contributed by atoms with E-state index in [0.29, 0.717) is 12.0 Å². The summed E-state index contributed by atoms with van der Waals surface area (Å²) in [5, 5.41) is 3.41. The Balaban J connectivity index is 4.11. The molecule has 3 unspecified atom stereocenters. The quantitative estimate of drug-likeness (QED) is 0.717. The molecule has 0 saturated heterocycles. The van der Waals surface area contributed by atoms with Gasteiger partial charge in [-0.15, -0.1) is 0 Å². The minimum absolute atomic E-state index is 0.0454. The van der Waals surface area contributed by atoms with Gasteiger partial charge in [-0.2, -0.15) is 0 Å². The summed E-state index contributed by atoms with van der Waals surface area (Å²) in [7, 11) is -2.87. The minimum Gasteiger partial charge on any atom is -0.310 e. The van der Waals surface area contributed by atoms with E-state index in [9.17, 15) is 8.42 Å². The molecule has 4 heteroatoms. The second-order valence-electron chi connectivity index (χ2n) is 5.01. The molecular weight excluding hydrogens is 222 g/mol. The predicted octanol–water partition coefficient (Wildman–Crippen LogP) is 2.22. The lowest BCUT2D eigenvalue weighted by atomic mass is 9.97. The molecular formula is C12H27NO2S. The molecule has 0 aromatic carbocycles. The van der Waals surface area contributed by atoms with E-state index in [4.69, 9.17) is 0 Å². The van der Waals surface area contributed by atoms with Crippen molar-refractivity contribution in [2.75, 3.05) is 12.0 Å². The third-order valence-electron chi connectivity index (χ3n) is 2.95. The fourth-order valence-corrected chi connectivity index (χ4v) is 2.91. The summed E-state index contributed by atoms with van der Waals surface area (Å²) in [6.45, 7) is 8.52. The van der Waals surface area contributed by atoms with Crippen LogP contribution in [0.25, 0.3) is 0 Å². The molecule has 0 rings (SSSR count). The molecule has 3 atom stereocenters. The zero-order chi connectivity index (χ0) is 12.8. The van der Waals surface area contributed by atoms with Crippen LogP contribution in [0.15, 0.2) is 0 Å². The highest BCUT2D eigenvalue weighted by molar-refractivity contribution is 7.90. The second kappa shape index (κ2) is 7.28. The fraction of sp³-hybridized carbons (Fsp3) is 1.00. The average Bonchev–Trinajstić information content (AvgIpc) is 2.13. The van der Waals surface area contributed by atoms with Gasteiger partial charge in [0, 0.05) is 18.3 Å². The van der Waals surface area contributed by atoms with E-state index in [-0.39, 0.29) is 11.8 Å². The fourth-order valence-electron chi connectivity index (χ4n) is 1.91. The Morgan fingerprint density at radius 3 is 2.06 bits per heavy atom. The second-order valence-corrected chi connectivity index (χ2v) is 7.20. The Morgan fingerprint density at radius 1 is 1.12 bits per heavy atom. The first-order valence-electron chi connectivity index (χ1n) is 6.22. The average molecular weight is 249 g/mol. The number of rotatable bonds is 8. The molecule has 0 aromatic heterocycles. The van der Waals surface area contributed by atoms with E-state index in [1.54, 1.807) is 0 Å². The summed E-state index contributed by atoms with van der Waals surface area (Å²) in [5.74, 6) is 0.923. The lowest BCUT2D eigenvalue weighted by Crippen LogP contribution is -2.40. The molecule has 0 spiro atoms. The Labute approximate surface area is 101 Å². The third-order valence-corrected chi connectivity index (χ3v) is 4.06. The van der Waals surface area contributed by atoms with Gasteiger partial charge in [-0.1, -0.05) is 27.2 Å². The van der Waals surface area contributed by atoms with Gasteiger partial charge in [0.05, 0.1) is 5.75 Å². The first-order chi connectivity index (χ1) is 7.28. The SMILES string of the molecule is CCC(C)CC(CC)NC(C)CS(C)(=O)=O. The van der Waals surface area contributed by atoms with Crippen LogP contribution >= 0.6 is 0 Å². The smallest absolute Gasteiger partial charge is 0.148 e. The molecule has 0 amide bonds. The topological polar surface area (TPSA) is 46.2 Å². The number of sulfone groups is 1. The lowest BCUT2D eigenvalue weighted by Gasteiger charge is -2.24. The van der Waals surface area contributed by atoms with Crippen LogP contribution in [0.2, 0.25) is 0 Å². The maximum absolute atomic E-state index is 11.1. The summed E-state index contributed by atoms with van der Waals surface area (Å²) >= 11 is 0. The van der Waals surface area contributed by atoms with Gasteiger partial charge in [-0.25, -0.2) is 8.42 Å². The molecule has 0 aliphatic heterocycles. The van der Waals surface area contributed by atoms with Gasteiger partial charge in [0.2, 0.25) is 0 Å². The van der Waals surface area contributed by atoms with Crippen molar-refractivity contribution in [1.82, 2.24) is 5.32 Å². The number of hydrogen-bond acceptors (Lipinski definition) is 3. The summed E-state index contributed by atoms with van der Waals surface area (Å²) in [6.07, 6.45) is 4.65. The van der Waals surface area contributed by atoms with E-state index < -0.39 is 9.84 Å². The van der Waals surface area contributed by atoms with Crippen LogP contribution in [0.3, 0.4) is 0 Å². The van der Waals surface area contributed by atoms with Crippen molar-refractivity contribution in [2.45, 2.75) is 59.0 Å². The first kappa shape index (κ1) is 15.9. The molecule has 0 aliphatic carbocycles. The van der Waals surface area contributed by atoms with Crippen molar-refractivity contribution in [3.63, 3.8) is 0 Å². The molecule has 98 valence electrons. The number of nitrogens with one attached hydrogen (secondary N) is 1. The highest BCUT2D eigenvalue weighted by atomic mass is 32.2. The molecule has 0 fully saturated rings. The van der Waals surface area contributed by atoms with Gasteiger partial charge in [0.1, 0.15) is 9.84 Å². The van der Waals surface area contributed by atoms with Crippen LogP contribution in [0.4, 0.5) is 0 Å². The maximum Gasteiger partial charge on any atom is 0.148 e. The van der Waals surface area contributed by atoms with E-state index in [2.05, 4.69) is 26.1 Å². The van der Waals surface area contributed by atoms with Gasteiger partial charge < -0.3 is 5.32 Å². The summed E-state index contributed by atoms with van der Waals surface area (Å²) in [6, 6.07) is 0.482. The molecule has 0 radical (unpaired) electrons. The molecule has 0 saturated carbocycles. The van der Waals surface area contributed by atoms with Crippen LogP contribution < -0.4 is 5.32 Å². The Kier molecular flexibility index (Phi) is 7.24. The van der Waals surface area contributed by atoms with Gasteiger partial charge in [0.15, 0.2) is 0 Å². The standard InChI is InChI=1S/C12H27NO2S/c1-6-10(3)8-12(7-2)13-11(4)9-16(5,14)15/h10-13H,6-9H2,1-5H3. The molecule has 0 aromatic rings. The van der Waals surface area contributed by atoms with Gasteiger partial charge >= 0.3 is 0 Å². The summed E-state index contributed by atoms with van der Waals surface area (Å²) < 4.78 is 22.3. The van der Waals surface area contributed by atoms with Crippen LogP contribution in [-0.2, 0) is 9.84 Å². The van der Waals surface area contributed by atoms with Crippen LogP contribution in [-0.4, -0.2) is 32.5 Å². The maximum atomic E-state index is 11.1. The zero-order valence-corrected chi connectivity index (χ0v) is 12.1. The molecule has 3 nitrogen and oxygen atoms in total. The van der Waals surface area contributed by atoms with E-state index >= 15 is 0 Å². The van der Waals surface area contributed by atoms with Crippen molar-refractivity contribution in [2.24, 2.45) is 5.92 Å². The van der Waals surface area contributed by atoms with Crippen LogP contribution in [0.5, 0.6) is 0 Å². The Hall–Kier alpha value is -0.0900. The molecule has 0 aliphatic rings. The monoisotopic (exact) mass is 249 g/mol. The normalized spacial score (nSPS) is 18.1. The van der Waals surface area contributed by atoms with E-state index in [1.807, 2.05) is 6.92 Å². The van der Waals surface area contributed by atoms with Crippen molar-refractivity contribution < 1.29 is 8.42 Å². The predicted molar refractivity (Wildman–Crippen MR) is 70.5 cm³/mol. The first-order valence-corrected chi connectivity index (χ1v) is 8.28. The molecule has 0 bridgehead atoms.